The molecule has 1 saturated heterocycles. The van der Waals surface area contributed by atoms with Gasteiger partial charge in [0.25, 0.3) is 0 Å². The van der Waals surface area contributed by atoms with Crippen LogP contribution in [0.15, 0.2) is 36.1 Å². The highest BCUT2D eigenvalue weighted by Gasteiger charge is 2.42. The maximum Gasteiger partial charge on any atom is 0.337 e. The van der Waals surface area contributed by atoms with Crippen LogP contribution in [-0.2, 0) is 20.7 Å². The van der Waals surface area contributed by atoms with E-state index < -0.39 is 0 Å². The molecule has 28 heavy (non-hydrogen) atoms. The second-order valence-corrected chi connectivity index (χ2v) is 7.63. The van der Waals surface area contributed by atoms with Crippen LogP contribution in [0.1, 0.15) is 37.1 Å². The lowest BCUT2D eigenvalue weighted by Crippen LogP contribution is -2.47. The highest BCUT2D eigenvalue weighted by atomic mass is 35.5. The topological polar surface area (TPSA) is 54.6 Å². The van der Waals surface area contributed by atoms with Gasteiger partial charge in [0.15, 0.2) is 0 Å². The summed E-state index contributed by atoms with van der Waals surface area (Å²) >= 11 is 0. The molecule has 6 heteroatoms. The molecule has 2 aliphatic heterocycles. The quantitative estimate of drug-likeness (QED) is 0.470. The molecule has 0 unspecified atom stereocenters. The smallest absolute Gasteiger partial charge is 0.337 e. The number of para-hydroxylation sites is 1. The van der Waals surface area contributed by atoms with Crippen LogP contribution >= 0.6 is 12.4 Å². The molecule has 3 heterocycles. The zero-order chi connectivity index (χ0) is 19.0. The van der Waals surface area contributed by atoms with Gasteiger partial charge >= 0.3 is 5.97 Å². The molecule has 0 bridgehead atoms. The van der Waals surface area contributed by atoms with Gasteiger partial charge in [-0.25, -0.2) is 4.79 Å². The number of hydrogen-bond acceptors (Lipinski definition) is 4. The first-order chi connectivity index (χ1) is 13.2. The molecule has 1 aromatic carbocycles. The Morgan fingerprint density at radius 1 is 1.32 bits per heavy atom. The summed E-state index contributed by atoms with van der Waals surface area (Å²) in [6.45, 7) is 4.28. The fourth-order valence-corrected chi connectivity index (χ4v) is 5.04. The molecule has 0 amide bonds. The van der Waals surface area contributed by atoms with E-state index in [4.69, 9.17) is 9.47 Å². The van der Waals surface area contributed by atoms with Crippen molar-refractivity contribution in [2.45, 2.75) is 32.2 Å². The van der Waals surface area contributed by atoms with Crippen LogP contribution in [0.25, 0.3) is 10.9 Å². The predicted molar refractivity (Wildman–Crippen MR) is 113 cm³/mol. The molecule has 3 atom stereocenters. The van der Waals surface area contributed by atoms with Crippen molar-refractivity contribution in [2.24, 2.45) is 11.8 Å². The molecule has 5 nitrogen and oxygen atoms in total. The number of aromatic nitrogens is 1. The molecule has 1 fully saturated rings. The summed E-state index contributed by atoms with van der Waals surface area (Å²) in [5.41, 5.74) is 4.63. The van der Waals surface area contributed by atoms with E-state index >= 15 is 0 Å². The molecule has 0 radical (unpaired) electrons. The van der Waals surface area contributed by atoms with Crippen molar-refractivity contribution in [3.63, 3.8) is 0 Å². The number of carbonyl (C=O) groups is 1. The van der Waals surface area contributed by atoms with Crippen molar-refractivity contribution >= 4 is 29.3 Å². The van der Waals surface area contributed by atoms with Gasteiger partial charge in [0.1, 0.15) is 0 Å². The summed E-state index contributed by atoms with van der Waals surface area (Å²) in [5, 5.41) is 1.34. The third kappa shape index (κ3) is 3.42. The minimum Gasteiger partial charge on any atom is -0.504 e. The molecule has 1 N–H and O–H groups in total. The zero-order valence-corrected chi connectivity index (χ0v) is 17.6. The van der Waals surface area contributed by atoms with Gasteiger partial charge < -0.3 is 14.5 Å². The minimum atomic E-state index is -0.276. The van der Waals surface area contributed by atoms with E-state index in [-0.39, 0.29) is 24.3 Å². The number of benzene rings is 1. The molecule has 1 aromatic heterocycles. The molecule has 152 valence electrons. The Balaban J connectivity index is 0.00000225. The van der Waals surface area contributed by atoms with Crippen LogP contribution in [-0.4, -0.2) is 43.2 Å². The standard InChI is InChI=1S/C22H28N2O3.ClH/c1-4-14-12-24-10-9-16-15-7-5-6-8-19(15)23-21(16)20(24)11-17(14)18(13-26-2)22(25)27-3;/h5-8,13-14,17,20,23H,4,9-12H2,1-3H3;1H/b18-13+;/t14-,17-,20-;/m0./s1. The van der Waals surface area contributed by atoms with E-state index in [1.54, 1.807) is 13.4 Å². The summed E-state index contributed by atoms with van der Waals surface area (Å²) in [5.74, 6) is 0.287. The summed E-state index contributed by atoms with van der Waals surface area (Å²) in [7, 11) is 3.04. The Labute approximate surface area is 172 Å². The number of nitrogens with one attached hydrogen (secondary N) is 1. The summed E-state index contributed by atoms with van der Waals surface area (Å²) in [6, 6.07) is 8.85. The number of nitrogens with zero attached hydrogens (tertiary/aromatic N) is 1. The fraction of sp³-hybridized carbons (Fsp3) is 0.500. The Morgan fingerprint density at radius 2 is 2.11 bits per heavy atom. The first-order valence-corrected chi connectivity index (χ1v) is 9.82. The largest absolute Gasteiger partial charge is 0.504 e. The van der Waals surface area contributed by atoms with Crippen molar-refractivity contribution in [3.05, 3.63) is 47.4 Å². The van der Waals surface area contributed by atoms with Crippen LogP contribution in [0.4, 0.5) is 0 Å². The van der Waals surface area contributed by atoms with Crippen LogP contribution in [0.5, 0.6) is 0 Å². The first kappa shape index (κ1) is 20.7. The van der Waals surface area contributed by atoms with E-state index in [2.05, 4.69) is 41.1 Å². The van der Waals surface area contributed by atoms with Gasteiger partial charge in [-0.15, -0.1) is 12.4 Å². The lowest BCUT2D eigenvalue weighted by atomic mass is 9.74. The molecule has 0 saturated carbocycles. The van der Waals surface area contributed by atoms with Gasteiger partial charge in [0.2, 0.25) is 0 Å². The number of H-pyrrole nitrogens is 1. The summed E-state index contributed by atoms with van der Waals surface area (Å²) < 4.78 is 10.3. The van der Waals surface area contributed by atoms with Crippen LogP contribution in [0.3, 0.4) is 0 Å². The third-order valence-electron chi connectivity index (χ3n) is 6.37. The molecule has 0 spiro atoms. The van der Waals surface area contributed by atoms with E-state index in [9.17, 15) is 4.79 Å². The molecular weight excluding hydrogens is 376 g/mol. The van der Waals surface area contributed by atoms with Crippen molar-refractivity contribution in [2.75, 3.05) is 27.3 Å². The highest BCUT2D eigenvalue weighted by molar-refractivity contribution is 5.89. The maximum absolute atomic E-state index is 12.4. The molecule has 2 aliphatic rings. The lowest BCUT2D eigenvalue weighted by molar-refractivity contribution is -0.137. The van der Waals surface area contributed by atoms with E-state index in [0.29, 0.717) is 17.5 Å². The number of carbonyl (C=O) groups excluding carboxylic acids is 1. The van der Waals surface area contributed by atoms with Gasteiger partial charge in [-0.1, -0.05) is 31.5 Å². The van der Waals surface area contributed by atoms with Crippen LogP contribution in [0.2, 0.25) is 0 Å². The molecule has 2 aromatic rings. The normalized spacial score (nSPS) is 24.8. The van der Waals surface area contributed by atoms with Crippen LogP contribution in [0, 0.1) is 11.8 Å². The maximum atomic E-state index is 12.4. The van der Waals surface area contributed by atoms with Crippen molar-refractivity contribution in [1.29, 1.82) is 0 Å². The second kappa shape index (κ2) is 8.58. The molecular formula is C22H29ClN2O3. The number of methoxy groups -OCH3 is 2. The number of esters is 1. The monoisotopic (exact) mass is 404 g/mol. The Morgan fingerprint density at radius 3 is 2.82 bits per heavy atom. The average Bonchev–Trinajstić information content (AvgIpc) is 3.09. The Hall–Kier alpha value is -1.98. The van der Waals surface area contributed by atoms with E-state index in [1.165, 1.54) is 29.3 Å². The number of aromatic amines is 1. The second-order valence-electron chi connectivity index (χ2n) is 7.63. The summed E-state index contributed by atoms with van der Waals surface area (Å²) in [6.07, 6.45) is 4.60. The number of halogens is 1. The van der Waals surface area contributed by atoms with Crippen molar-refractivity contribution < 1.29 is 14.3 Å². The summed E-state index contributed by atoms with van der Waals surface area (Å²) in [4.78, 5) is 18.7. The SMILES string of the molecule is CC[C@H]1CN2CCc3c([nH]c4ccccc34)[C@@H]2C[C@@H]1/C(=C\OC)C(=O)OC.Cl. The lowest BCUT2D eigenvalue weighted by Gasteiger charge is -2.46. The van der Waals surface area contributed by atoms with Gasteiger partial charge in [-0.2, -0.15) is 0 Å². The third-order valence-corrected chi connectivity index (χ3v) is 6.37. The number of ether oxygens (including phenoxy) is 2. The average molecular weight is 405 g/mol. The highest BCUT2D eigenvalue weighted by Crippen LogP contribution is 2.45. The predicted octanol–water partition coefficient (Wildman–Crippen LogP) is 4.24. The van der Waals surface area contributed by atoms with E-state index in [0.717, 1.165) is 32.4 Å². The van der Waals surface area contributed by atoms with Crippen molar-refractivity contribution in [3.8, 4) is 0 Å². The van der Waals surface area contributed by atoms with Gasteiger partial charge in [-0.3, -0.25) is 4.90 Å². The van der Waals surface area contributed by atoms with Gasteiger partial charge in [0, 0.05) is 29.7 Å². The Bertz CT molecular complexity index is 876. The fourth-order valence-electron chi connectivity index (χ4n) is 5.04. The van der Waals surface area contributed by atoms with Crippen LogP contribution < -0.4 is 0 Å². The van der Waals surface area contributed by atoms with Crippen molar-refractivity contribution in [1.82, 2.24) is 9.88 Å². The molecule has 4 rings (SSSR count). The number of piperidine rings is 1. The zero-order valence-electron chi connectivity index (χ0n) is 16.7. The number of rotatable bonds is 4. The van der Waals surface area contributed by atoms with Gasteiger partial charge in [0.05, 0.1) is 32.1 Å². The minimum absolute atomic E-state index is 0. The number of fused-ring (bicyclic) bond motifs is 5. The molecule has 0 aliphatic carbocycles. The first-order valence-electron chi connectivity index (χ1n) is 9.82. The van der Waals surface area contributed by atoms with Gasteiger partial charge in [-0.05, 0) is 36.3 Å². The Kier molecular flexibility index (Phi) is 6.36. The number of hydrogen-bond donors (Lipinski definition) is 1. The van der Waals surface area contributed by atoms with E-state index in [1.807, 2.05) is 0 Å².